The Kier molecular flexibility index (Phi) is 7.27. The van der Waals surface area contributed by atoms with Crippen LogP contribution in [0.4, 0.5) is 41.0 Å². The number of rotatable bonds is 4. The molecule has 10 nitrogen and oxygen atoms in total. The Morgan fingerprint density at radius 2 is 1.91 bits per heavy atom. The van der Waals surface area contributed by atoms with Crippen molar-refractivity contribution in [3.05, 3.63) is 51.9 Å². The smallest absolute Gasteiger partial charge is 0.418 e. The third kappa shape index (κ3) is 4.89. The molecule has 0 saturated carbocycles. The molecule has 0 amide bonds. The van der Waals surface area contributed by atoms with Crippen molar-refractivity contribution in [3.63, 3.8) is 0 Å². The first kappa shape index (κ1) is 30.5. The molecule has 242 valence electrons. The topological polar surface area (TPSA) is 129 Å². The maximum Gasteiger partial charge on any atom is 0.418 e. The van der Waals surface area contributed by atoms with Gasteiger partial charge in [-0.1, -0.05) is 17.7 Å². The first-order valence-corrected chi connectivity index (χ1v) is 15.3. The maximum absolute atomic E-state index is 17.0. The van der Waals surface area contributed by atoms with Crippen LogP contribution in [0, 0.1) is 18.2 Å². The molecule has 2 fully saturated rings. The molecular weight excluding hydrogens is 628 g/mol. The van der Waals surface area contributed by atoms with Gasteiger partial charge in [-0.05, 0) is 44.4 Å². The molecule has 0 radical (unpaired) electrons. The zero-order valence-corrected chi connectivity index (χ0v) is 25.8. The summed E-state index contributed by atoms with van der Waals surface area (Å²) in [5, 5.41) is -0.254. The Labute approximate surface area is 266 Å². The zero-order valence-electron chi connectivity index (χ0n) is 25.1. The van der Waals surface area contributed by atoms with E-state index in [1.165, 1.54) is 6.92 Å². The van der Waals surface area contributed by atoms with Crippen molar-refractivity contribution >= 4 is 45.9 Å². The van der Waals surface area contributed by atoms with Gasteiger partial charge in [-0.3, -0.25) is 0 Å². The summed E-state index contributed by atoms with van der Waals surface area (Å²) in [6, 6.07) is 4.28. The summed E-state index contributed by atoms with van der Waals surface area (Å²) in [5.41, 5.74) is 9.81. The number of aromatic nitrogens is 4. The number of halogens is 5. The minimum Gasteiger partial charge on any atom is -0.489 e. The van der Waals surface area contributed by atoms with E-state index < -0.39 is 34.9 Å². The number of hydrogen-bond donors (Lipinski definition) is 2. The summed E-state index contributed by atoms with van der Waals surface area (Å²) in [6.45, 7) is 5.94. The lowest BCUT2D eigenvalue weighted by Crippen LogP contribution is -2.60. The molecule has 1 atom stereocenters. The lowest BCUT2D eigenvalue weighted by atomic mass is 9.76. The number of alkyl halides is 3. The minimum absolute atomic E-state index is 0.0424. The van der Waals surface area contributed by atoms with Crippen molar-refractivity contribution in [1.82, 2.24) is 19.9 Å². The third-order valence-corrected chi connectivity index (χ3v) is 9.45. The number of nitrogen functional groups attached to an aromatic ring is 2. The summed E-state index contributed by atoms with van der Waals surface area (Å²) >= 11 is 6.80. The zero-order chi connectivity index (χ0) is 32.5. The number of nitrogens with two attached hydrogens (primary N) is 2. The number of ether oxygens (including phenoxy) is 2. The van der Waals surface area contributed by atoms with E-state index in [1.54, 1.807) is 12.3 Å². The number of benzene rings is 1. The molecular formula is C31H31ClF4N8O2. The first-order chi connectivity index (χ1) is 21.9. The van der Waals surface area contributed by atoms with Gasteiger partial charge in [-0.25, -0.2) is 19.3 Å². The standard InChI is InChI=1S/C31H31ClF4N8O2/c1-15-11-18(37)40-24(21(15)31(34,35)36)19-22(32)26-20-25(23(19)33)41-29(43-12-30(13-43)6-4-9-45-14-30)42-28(20)44(8-10-46-26)16(2)17-5-3-7-39-27(17)38/h3,5,7,11,16H,4,6,8-10,12-14H2,1-2H3,(H2,37,40)(H2,38,39)/t16-/m1/s1. The maximum atomic E-state index is 17.0. The van der Waals surface area contributed by atoms with Crippen molar-refractivity contribution in [1.29, 1.82) is 0 Å². The Morgan fingerprint density at radius 3 is 2.61 bits per heavy atom. The Balaban J connectivity index is 1.48. The molecule has 0 unspecified atom stereocenters. The highest BCUT2D eigenvalue weighted by atomic mass is 35.5. The van der Waals surface area contributed by atoms with Gasteiger partial charge in [-0.15, -0.1) is 0 Å². The average Bonchev–Trinajstić information content (AvgIpc) is 3.18. The molecule has 1 aromatic carbocycles. The molecule has 0 bridgehead atoms. The van der Waals surface area contributed by atoms with E-state index in [0.29, 0.717) is 43.5 Å². The Bertz CT molecular complexity index is 1860. The number of pyridine rings is 2. The number of anilines is 4. The quantitative estimate of drug-likeness (QED) is 0.254. The molecule has 3 aromatic heterocycles. The fourth-order valence-electron chi connectivity index (χ4n) is 6.92. The van der Waals surface area contributed by atoms with Crippen LogP contribution >= 0.6 is 11.6 Å². The molecule has 0 aliphatic carbocycles. The van der Waals surface area contributed by atoms with Gasteiger partial charge in [0.05, 0.1) is 46.4 Å². The van der Waals surface area contributed by atoms with E-state index in [2.05, 4.69) is 15.0 Å². The van der Waals surface area contributed by atoms with E-state index in [9.17, 15) is 13.2 Å². The fraction of sp³-hybridized carbons (Fsp3) is 0.419. The summed E-state index contributed by atoms with van der Waals surface area (Å²) in [4.78, 5) is 21.6. The van der Waals surface area contributed by atoms with Crippen molar-refractivity contribution in [3.8, 4) is 17.0 Å². The molecule has 6 heterocycles. The van der Waals surface area contributed by atoms with Crippen LogP contribution in [0.2, 0.25) is 5.02 Å². The van der Waals surface area contributed by atoms with Crippen molar-refractivity contribution in [2.75, 3.05) is 60.7 Å². The predicted molar refractivity (Wildman–Crippen MR) is 166 cm³/mol. The molecule has 3 aliphatic heterocycles. The van der Waals surface area contributed by atoms with Gasteiger partial charge >= 0.3 is 6.18 Å². The highest BCUT2D eigenvalue weighted by molar-refractivity contribution is 6.36. The number of nitrogens with zero attached hydrogens (tertiary/aromatic N) is 6. The van der Waals surface area contributed by atoms with E-state index >= 15 is 4.39 Å². The van der Waals surface area contributed by atoms with Crippen LogP contribution in [-0.4, -0.2) is 59.4 Å². The SMILES string of the molecule is Cc1cc(N)nc(-c2c(Cl)c3c4c(nc(N5CC6(CCCOC6)C5)nc4c2F)N([C@H](C)c2cccnc2N)CCO3)c1C(F)(F)F. The van der Waals surface area contributed by atoms with Crippen LogP contribution in [0.1, 0.15) is 42.5 Å². The second-order valence-corrected chi connectivity index (χ2v) is 12.6. The minimum atomic E-state index is -4.88. The first-order valence-electron chi connectivity index (χ1n) is 14.9. The normalized spacial score (nSPS) is 18.3. The van der Waals surface area contributed by atoms with E-state index in [1.807, 2.05) is 22.8 Å². The van der Waals surface area contributed by atoms with Crippen molar-refractivity contribution in [2.24, 2.45) is 5.41 Å². The molecule has 46 heavy (non-hydrogen) atoms. The number of aryl methyl sites for hydroxylation is 1. The summed E-state index contributed by atoms with van der Waals surface area (Å²) in [6.07, 6.45) is -1.40. The molecule has 1 spiro atoms. The summed E-state index contributed by atoms with van der Waals surface area (Å²) < 4.78 is 72.0. The van der Waals surface area contributed by atoms with Gasteiger partial charge in [0.1, 0.15) is 29.6 Å². The van der Waals surface area contributed by atoms with Gasteiger partial charge in [-0.2, -0.15) is 18.2 Å². The van der Waals surface area contributed by atoms with Gasteiger partial charge in [0, 0.05) is 36.9 Å². The Morgan fingerprint density at radius 1 is 1.13 bits per heavy atom. The molecule has 15 heteroatoms. The largest absolute Gasteiger partial charge is 0.489 e. The van der Waals surface area contributed by atoms with Crippen LogP contribution in [0.3, 0.4) is 0 Å². The van der Waals surface area contributed by atoms with Crippen molar-refractivity contribution < 1.29 is 27.0 Å². The van der Waals surface area contributed by atoms with Crippen LogP contribution < -0.4 is 26.0 Å². The Hall–Kier alpha value is -4.17. The van der Waals surface area contributed by atoms with Crippen LogP contribution in [-0.2, 0) is 10.9 Å². The highest BCUT2D eigenvalue weighted by Crippen LogP contribution is 2.51. The van der Waals surface area contributed by atoms with Gasteiger partial charge in [0.25, 0.3) is 0 Å². The third-order valence-electron chi connectivity index (χ3n) is 9.09. The van der Waals surface area contributed by atoms with Gasteiger partial charge < -0.3 is 30.7 Å². The second-order valence-electron chi connectivity index (χ2n) is 12.2. The fourth-order valence-corrected chi connectivity index (χ4v) is 7.24. The molecule has 2 saturated heterocycles. The summed E-state index contributed by atoms with van der Waals surface area (Å²) in [7, 11) is 0. The molecule has 4 N–H and O–H groups in total. The second kappa shape index (κ2) is 11.0. The predicted octanol–water partition coefficient (Wildman–Crippen LogP) is 5.95. The van der Waals surface area contributed by atoms with Gasteiger partial charge in [0.2, 0.25) is 5.95 Å². The highest BCUT2D eigenvalue weighted by Gasteiger charge is 2.46. The van der Waals surface area contributed by atoms with Crippen molar-refractivity contribution in [2.45, 2.75) is 38.9 Å². The molecule has 4 aromatic rings. The van der Waals surface area contributed by atoms with E-state index in [0.717, 1.165) is 18.9 Å². The molecule has 3 aliphatic rings. The lowest BCUT2D eigenvalue weighted by Gasteiger charge is -2.52. The van der Waals surface area contributed by atoms with E-state index in [4.69, 9.17) is 37.5 Å². The lowest BCUT2D eigenvalue weighted by molar-refractivity contribution is -0.137. The monoisotopic (exact) mass is 658 g/mol. The van der Waals surface area contributed by atoms with E-state index in [-0.39, 0.29) is 57.6 Å². The summed E-state index contributed by atoms with van der Waals surface area (Å²) in [5.74, 6) is -0.505. The van der Waals surface area contributed by atoms with Crippen LogP contribution in [0.15, 0.2) is 24.4 Å². The van der Waals surface area contributed by atoms with Crippen LogP contribution in [0.25, 0.3) is 22.2 Å². The number of hydrogen-bond acceptors (Lipinski definition) is 10. The van der Waals surface area contributed by atoms with Crippen LogP contribution in [0.5, 0.6) is 5.75 Å². The average molecular weight is 659 g/mol. The molecule has 7 rings (SSSR count). The van der Waals surface area contributed by atoms with Gasteiger partial charge in [0.15, 0.2) is 11.6 Å².